The third-order valence-electron chi connectivity index (χ3n) is 3.61. The van der Waals surface area contributed by atoms with Crippen LogP contribution in [0.1, 0.15) is 56.2 Å². The van der Waals surface area contributed by atoms with Gasteiger partial charge in [0.1, 0.15) is 6.33 Å². The number of aromatic nitrogens is 2. The van der Waals surface area contributed by atoms with Crippen molar-refractivity contribution in [1.29, 1.82) is 0 Å². The lowest BCUT2D eigenvalue weighted by Gasteiger charge is -2.23. The van der Waals surface area contributed by atoms with Gasteiger partial charge in [-0.3, -0.25) is 4.79 Å². The van der Waals surface area contributed by atoms with E-state index >= 15 is 0 Å². The van der Waals surface area contributed by atoms with Crippen LogP contribution < -0.4 is 4.74 Å². The number of carboxylic acid groups (broad SMARTS) is 1. The van der Waals surface area contributed by atoms with Crippen LogP contribution in [0.4, 0.5) is 0 Å². The highest BCUT2D eigenvalue weighted by atomic mass is 16.5. The molecule has 2 rings (SSSR count). The Bertz CT molecular complexity index is 470. The summed E-state index contributed by atoms with van der Waals surface area (Å²) in [6, 6.07) is 0. The number of ether oxygens (including phenoxy) is 1. The number of hydrogen-bond acceptors (Lipinski definition) is 4. The van der Waals surface area contributed by atoms with Crippen molar-refractivity contribution in [2.24, 2.45) is 5.92 Å². The molecule has 5 nitrogen and oxygen atoms in total. The van der Waals surface area contributed by atoms with Crippen molar-refractivity contribution < 1.29 is 14.6 Å². The SMILES string of the molecule is COc1ncnc(C2CC2)c1C(CC(=O)O)C(C)C. The largest absolute Gasteiger partial charge is 0.481 e. The van der Waals surface area contributed by atoms with Gasteiger partial charge in [0.15, 0.2) is 0 Å². The fraction of sp³-hybridized carbons (Fsp3) is 0.643. The lowest BCUT2D eigenvalue weighted by molar-refractivity contribution is -0.137. The van der Waals surface area contributed by atoms with Gasteiger partial charge in [-0.25, -0.2) is 9.97 Å². The highest BCUT2D eigenvalue weighted by molar-refractivity contribution is 5.68. The van der Waals surface area contributed by atoms with E-state index in [1.165, 1.54) is 6.33 Å². The summed E-state index contributed by atoms with van der Waals surface area (Å²) in [6.07, 6.45) is 3.82. The molecule has 1 unspecified atom stereocenters. The summed E-state index contributed by atoms with van der Waals surface area (Å²) in [4.78, 5) is 19.6. The van der Waals surface area contributed by atoms with E-state index in [-0.39, 0.29) is 18.3 Å². The van der Waals surface area contributed by atoms with Gasteiger partial charge in [0.25, 0.3) is 0 Å². The molecule has 0 aromatic carbocycles. The molecule has 0 radical (unpaired) electrons. The molecule has 0 aliphatic heterocycles. The van der Waals surface area contributed by atoms with Crippen molar-refractivity contribution >= 4 is 5.97 Å². The number of carbonyl (C=O) groups is 1. The Morgan fingerprint density at radius 3 is 2.63 bits per heavy atom. The minimum atomic E-state index is -0.800. The molecule has 1 aliphatic carbocycles. The van der Waals surface area contributed by atoms with E-state index in [4.69, 9.17) is 9.84 Å². The van der Waals surface area contributed by atoms with Gasteiger partial charge in [0.2, 0.25) is 5.88 Å². The zero-order valence-electron chi connectivity index (χ0n) is 11.6. The Morgan fingerprint density at radius 2 is 2.16 bits per heavy atom. The second kappa shape index (κ2) is 5.55. The first-order chi connectivity index (χ1) is 9.04. The number of methoxy groups -OCH3 is 1. The smallest absolute Gasteiger partial charge is 0.303 e. The quantitative estimate of drug-likeness (QED) is 0.855. The van der Waals surface area contributed by atoms with E-state index in [2.05, 4.69) is 9.97 Å². The Kier molecular flexibility index (Phi) is 4.02. The van der Waals surface area contributed by atoms with Gasteiger partial charge in [-0.15, -0.1) is 0 Å². The fourth-order valence-corrected chi connectivity index (χ4v) is 2.44. The second-order valence-corrected chi connectivity index (χ2v) is 5.40. The van der Waals surface area contributed by atoms with Gasteiger partial charge in [-0.2, -0.15) is 0 Å². The van der Waals surface area contributed by atoms with Gasteiger partial charge in [0, 0.05) is 17.4 Å². The molecule has 1 aliphatic rings. The Hall–Kier alpha value is -1.65. The summed E-state index contributed by atoms with van der Waals surface area (Å²) in [5, 5.41) is 9.12. The van der Waals surface area contributed by atoms with Crippen molar-refractivity contribution in [2.45, 2.75) is 44.9 Å². The lowest BCUT2D eigenvalue weighted by Crippen LogP contribution is -2.16. The minimum absolute atomic E-state index is 0.0844. The van der Waals surface area contributed by atoms with Crippen LogP contribution in [0.2, 0.25) is 0 Å². The first-order valence-electron chi connectivity index (χ1n) is 6.65. The fourth-order valence-electron chi connectivity index (χ4n) is 2.44. The maximum atomic E-state index is 11.1. The number of hydrogen-bond donors (Lipinski definition) is 1. The maximum absolute atomic E-state index is 11.1. The summed E-state index contributed by atoms with van der Waals surface area (Å²) in [5.74, 6) is 0.267. The molecule has 1 fully saturated rings. The number of nitrogens with zero attached hydrogens (tertiary/aromatic N) is 2. The molecule has 1 aromatic rings. The normalized spacial score (nSPS) is 16.4. The molecule has 1 atom stereocenters. The van der Waals surface area contributed by atoms with Crippen LogP contribution in [-0.4, -0.2) is 28.2 Å². The van der Waals surface area contributed by atoms with Crippen molar-refractivity contribution in [3.63, 3.8) is 0 Å². The van der Waals surface area contributed by atoms with Crippen LogP contribution in [0.5, 0.6) is 5.88 Å². The van der Waals surface area contributed by atoms with Gasteiger partial charge in [0.05, 0.1) is 19.2 Å². The highest BCUT2D eigenvalue weighted by Crippen LogP contribution is 2.46. The molecule has 0 spiro atoms. The van der Waals surface area contributed by atoms with Crippen LogP contribution in [0.25, 0.3) is 0 Å². The summed E-state index contributed by atoms with van der Waals surface area (Å²) >= 11 is 0. The van der Waals surface area contributed by atoms with Gasteiger partial charge >= 0.3 is 5.97 Å². The van der Waals surface area contributed by atoms with Crippen molar-refractivity contribution in [2.75, 3.05) is 7.11 Å². The molecule has 1 saturated carbocycles. The molecule has 19 heavy (non-hydrogen) atoms. The Balaban J connectivity index is 2.46. The summed E-state index contributed by atoms with van der Waals surface area (Å²) in [6.45, 7) is 4.05. The van der Waals surface area contributed by atoms with Crippen LogP contribution >= 0.6 is 0 Å². The second-order valence-electron chi connectivity index (χ2n) is 5.40. The molecule has 0 saturated heterocycles. The molecular weight excluding hydrogens is 244 g/mol. The Labute approximate surface area is 113 Å². The van der Waals surface area contributed by atoms with E-state index in [1.54, 1.807) is 7.11 Å². The standard InChI is InChI=1S/C14H20N2O3/c1-8(2)10(6-11(17)18)12-13(9-4-5-9)15-7-16-14(12)19-3/h7-10H,4-6H2,1-3H3,(H,17,18). The molecule has 0 amide bonds. The van der Waals surface area contributed by atoms with Gasteiger partial charge in [-0.1, -0.05) is 13.8 Å². The minimum Gasteiger partial charge on any atom is -0.481 e. The van der Waals surface area contributed by atoms with Crippen molar-refractivity contribution in [3.8, 4) is 5.88 Å². The van der Waals surface area contributed by atoms with Gasteiger partial charge < -0.3 is 9.84 Å². The van der Waals surface area contributed by atoms with Crippen LogP contribution in [0.15, 0.2) is 6.33 Å². The van der Waals surface area contributed by atoms with E-state index in [0.29, 0.717) is 11.8 Å². The summed E-state index contributed by atoms with van der Waals surface area (Å²) in [5.41, 5.74) is 1.87. The topological polar surface area (TPSA) is 72.3 Å². The maximum Gasteiger partial charge on any atom is 0.303 e. The summed E-state index contributed by atoms with van der Waals surface area (Å²) in [7, 11) is 1.57. The molecule has 5 heteroatoms. The number of rotatable bonds is 6. The monoisotopic (exact) mass is 264 g/mol. The van der Waals surface area contributed by atoms with E-state index in [9.17, 15) is 4.79 Å². The van der Waals surface area contributed by atoms with Crippen molar-refractivity contribution in [1.82, 2.24) is 9.97 Å². The molecule has 1 heterocycles. The molecule has 1 N–H and O–H groups in total. The van der Waals surface area contributed by atoms with E-state index in [0.717, 1.165) is 24.1 Å². The predicted octanol–water partition coefficient (Wildman–Crippen LogP) is 2.58. The molecule has 1 aromatic heterocycles. The average Bonchev–Trinajstić information content (AvgIpc) is 3.18. The Morgan fingerprint density at radius 1 is 1.47 bits per heavy atom. The highest BCUT2D eigenvalue weighted by Gasteiger charge is 2.34. The molecule has 104 valence electrons. The third-order valence-corrected chi connectivity index (χ3v) is 3.61. The predicted molar refractivity (Wildman–Crippen MR) is 70.4 cm³/mol. The van der Waals surface area contributed by atoms with E-state index in [1.807, 2.05) is 13.8 Å². The van der Waals surface area contributed by atoms with Crippen LogP contribution in [0.3, 0.4) is 0 Å². The number of aliphatic carboxylic acids is 1. The molecule has 0 bridgehead atoms. The van der Waals surface area contributed by atoms with E-state index < -0.39 is 5.97 Å². The zero-order chi connectivity index (χ0) is 14.0. The first kappa shape index (κ1) is 13.8. The number of carboxylic acids is 1. The van der Waals surface area contributed by atoms with Crippen molar-refractivity contribution in [3.05, 3.63) is 17.6 Å². The first-order valence-corrected chi connectivity index (χ1v) is 6.65. The van der Waals surface area contributed by atoms with Crippen LogP contribution in [-0.2, 0) is 4.79 Å². The van der Waals surface area contributed by atoms with Crippen LogP contribution in [0, 0.1) is 5.92 Å². The third kappa shape index (κ3) is 3.03. The van der Waals surface area contributed by atoms with Gasteiger partial charge in [-0.05, 0) is 18.8 Å². The zero-order valence-corrected chi connectivity index (χ0v) is 11.6. The average molecular weight is 264 g/mol. The summed E-state index contributed by atoms with van der Waals surface area (Å²) < 4.78 is 5.33. The lowest BCUT2D eigenvalue weighted by atomic mass is 9.84. The molecular formula is C14H20N2O3.